The molecule has 208 valence electrons. The van der Waals surface area contributed by atoms with Crippen molar-refractivity contribution in [1.82, 2.24) is 23.8 Å². The summed E-state index contributed by atoms with van der Waals surface area (Å²) in [5, 5.41) is 11.6. The Morgan fingerprint density at radius 1 is 1.10 bits per heavy atom. The van der Waals surface area contributed by atoms with Gasteiger partial charge in [-0.25, -0.2) is 9.97 Å². The lowest BCUT2D eigenvalue weighted by molar-refractivity contribution is -0.139. The molecule has 1 aliphatic rings. The summed E-state index contributed by atoms with van der Waals surface area (Å²) in [5.41, 5.74) is 3.34. The number of amides is 1. The van der Waals surface area contributed by atoms with E-state index in [1.54, 1.807) is 17.4 Å². The number of Topliss-reactive ketones (excluding diaryl/α,β-unsaturated/α-hetero) is 1. The number of nitrogens with zero attached hydrogens (tertiary/aromatic N) is 5. The Kier molecular flexibility index (Phi) is 7.73. The minimum absolute atomic E-state index is 0.0381. The molecule has 1 fully saturated rings. The highest BCUT2D eigenvalue weighted by molar-refractivity contribution is 6.46. The third-order valence-electron chi connectivity index (χ3n) is 7.36. The van der Waals surface area contributed by atoms with Gasteiger partial charge in [0, 0.05) is 31.7 Å². The maximum Gasteiger partial charge on any atom is 0.295 e. The number of hydrogen-bond donors (Lipinski definition) is 1. The number of fused-ring (bicyclic) bond motifs is 1. The fraction of sp³-hybridized carbons (Fsp3) is 0.355. The molecule has 4 heterocycles. The van der Waals surface area contributed by atoms with Gasteiger partial charge in [-0.3, -0.25) is 9.59 Å². The van der Waals surface area contributed by atoms with Gasteiger partial charge in [0.15, 0.2) is 5.76 Å². The molecule has 1 saturated heterocycles. The lowest BCUT2D eigenvalue weighted by atomic mass is 9.96. The van der Waals surface area contributed by atoms with E-state index in [-0.39, 0.29) is 11.3 Å². The Labute approximate surface area is 233 Å². The zero-order valence-corrected chi connectivity index (χ0v) is 23.4. The van der Waals surface area contributed by atoms with Gasteiger partial charge in [-0.1, -0.05) is 32.0 Å². The highest BCUT2D eigenvalue weighted by Crippen LogP contribution is 2.40. The van der Waals surface area contributed by atoms with E-state index in [0.717, 1.165) is 12.0 Å². The summed E-state index contributed by atoms with van der Waals surface area (Å²) in [7, 11) is 0. The first-order chi connectivity index (χ1) is 19.3. The molecular weight excluding hydrogens is 506 g/mol. The van der Waals surface area contributed by atoms with Crippen LogP contribution in [-0.4, -0.2) is 53.8 Å². The van der Waals surface area contributed by atoms with Crippen molar-refractivity contribution in [2.75, 3.05) is 13.2 Å². The first-order valence-corrected chi connectivity index (χ1v) is 13.7. The monoisotopic (exact) mass is 541 g/mol. The van der Waals surface area contributed by atoms with Crippen LogP contribution in [0, 0.1) is 19.8 Å². The molecule has 0 spiro atoms. The summed E-state index contributed by atoms with van der Waals surface area (Å²) in [6, 6.07) is 10.5. The number of pyridine rings is 1. The summed E-state index contributed by atoms with van der Waals surface area (Å²) >= 11 is 0. The van der Waals surface area contributed by atoms with Crippen molar-refractivity contribution in [3.05, 3.63) is 89.4 Å². The summed E-state index contributed by atoms with van der Waals surface area (Å²) in [6.45, 7) is 9.58. The second-order valence-electron chi connectivity index (χ2n) is 10.7. The van der Waals surface area contributed by atoms with E-state index in [9.17, 15) is 14.7 Å². The molecule has 0 radical (unpaired) electrons. The van der Waals surface area contributed by atoms with Gasteiger partial charge >= 0.3 is 0 Å². The van der Waals surface area contributed by atoms with Crippen molar-refractivity contribution in [1.29, 1.82) is 0 Å². The van der Waals surface area contributed by atoms with Crippen LogP contribution in [0.4, 0.5) is 0 Å². The quantitative estimate of drug-likeness (QED) is 0.171. The Balaban J connectivity index is 1.56. The van der Waals surface area contributed by atoms with Gasteiger partial charge in [0.1, 0.15) is 17.1 Å². The van der Waals surface area contributed by atoms with E-state index in [1.807, 2.05) is 71.6 Å². The molecule has 0 saturated carbocycles. The second kappa shape index (κ2) is 11.4. The fourth-order valence-corrected chi connectivity index (χ4v) is 5.16. The molecule has 1 aliphatic heterocycles. The molecular formula is C31H35N5O4. The molecule has 5 rings (SSSR count). The van der Waals surface area contributed by atoms with Crippen molar-refractivity contribution in [3.63, 3.8) is 0 Å². The smallest absolute Gasteiger partial charge is 0.295 e. The Hall–Kier alpha value is -4.40. The summed E-state index contributed by atoms with van der Waals surface area (Å²) in [4.78, 5) is 37.3. The predicted molar refractivity (Wildman–Crippen MR) is 152 cm³/mol. The number of ketones is 1. The fourth-order valence-electron chi connectivity index (χ4n) is 5.16. The molecule has 0 bridgehead atoms. The van der Waals surface area contributed by atoms with Crippen LogP contribution >= 0.6 is 0 Å². The van der Waals surface area contributed by atoms with E-state index < -0.39 is 17.7 Å². The number of aliphatic hydroxyl groups is 1. The lowest BCUT2D eigenvalue weighted by Gasteiger charge is -2.25. The molecule has 1 aromatic carbocycles. The first-order valence-electron chi connectivity index (χ1n) is 13.7. The van der Waals surface area contributed by atoms with Crippen LogP contribution in [0.2, 0.25) is 0 Å². The van der Waals surface area contributed by atoms with Crippen LogP contribution in [-0.2, 0) is 16.1 Å². The van der Waals surface area contributed by atoms with Crippen LogP contribution in [0.3, 0.4) is 0 Å². The van der Waals surface area contributed by atoms with Crippen molar-refractivity contribution in [2.45, 2.75) is 53.1 Å². The van der Waals surface area contributed by atoms with Gasteiger partial charge in [0.05, 0.1) is 30.2 Å². The van der Waals surface area contributed by atoms with Gasteiger partial charge in [0.25, 0.3) is 11.7 Å². The van der Waals surface area contributed by atoms with Gasteiger partial charge < -0.3 is 23.7 Å². The maximum atomic E-state index is 13.5. The van der Waals surface area contributed by atoms with Crippen molar-refractivity contribution < 1.29 is 19.4 Å². The van der Waals surface area contributed by atoms with Crippen LogP contribution in [0.1, 0.15) is 55.2 Å². The van der Waals surface area contributed by atoms with Gasteiger partial charge in [-0.2, -0.15) is 0 Å². The van der Waals surface area contributed by atoms with Crippen molar-refractivity contribution in [2.24, 2.45) is 5.92 Å². The molecule has 3 aromatic heterocycles. The number of aryl methyl sites for hydroxylation is 3. The average molecular weight is 542 g/mol. The van der Waals surface area contributed by atoms with Crippen molar-refractivity contribution in [3.8, 4) is 5.75 Å². The summed E-state index contributed by atoms with van der Waals surface area (Å²) in [6.07, 6.45) is 8.66. The highest BCUT2D eigenvalue weighted by Gasteiger charge is 2.46. The molecule has 1 unspecified atom stereocenters. The topological polar surface area (TPSA) is 102 Å². The number of rotatable bonds is 10. The number of ether oxygens (including phenoxy) is 1. The number of aliphatic hydroxyl groups excluding tert-OH is 1. The van der Waals surface area contributed by atoms with Crippen LogP contribution in [0.25, 0.3) is 11.4 Å². The van der Waals surface area contributed by atoms with Crippen LogP contribution in [0.5, 0.6) is 5.75 Å². The first kappa shape index (κ1) is 27.2. The normalized spacial score (nSPS) is 16.9. The molecule has 0 aliphatic carbocycles. The van der Waals surface area contributed by atoms with E-state index in [4.69, 9.17) is 4.74 Å². The molecule has 1 N–H and O–H groups in total. The number of carbonyl (C=O) groups excluding carboxylic acids is 2. The number of benzene rings is 1. The summed E-state index contributed by atoms with van der Waals surface area (Å²) < 4.78 is 9.80. The van der Waals surface area contributed by atoms with E-state index in [0.29, 0.717) is 60.4 Å². The third kappa shape index (κ3) is 5.23. The molecule has 4 aromatic rings. The van der Waals surface area contributed by atoms with Crippen LogP contribution < -0.4 is 4.74 Å². The number of hydrogen-bond acceptors (Lipinski definition) is 6. The SMILES string of the molecule is Cc1cccn2c(C)c(C(O)=C3C(=O)C(=O)N(CCCn4ccnc4)C3c3cccc(OCCC(C)C)c3)nc12. The Morgan fingerprint density at radius 2 is 1.93 bits per heavy atom. The molecule has 1 atom stereocenters. The van der Waals surface area contributed by atoms with Gasteiger partial charge in [-0.15, -0.1) is 0 Å². The van der Waals surface area contributed by atoms with E-state index in [2.05, 4.69) is 23.8 Å². The maximum absolute atomic E-state index is 13.5. The Bertz CT molecular complexity index is 1570. The largest absolute Gasteiger partial charge is 0.505 e. The average Bonchev–Trinajstić information content (AvgIpc) is 3.63. The lowest BCUT2D eigenvalue weighted by Crippen LogP contribution is -2.31. The standard InChI is InChI=1S/C31H35N5O4/c1-20(2)11-17-40-24-10-5-9-23(18-24)27-25(28(37)26-22(4)35-14-6-8-21(3)30(35)33-26)29(38)31(39)36(27)15-7-13-34-16-12-32-19-34/h5-6,8-10,12,14,16,18-20,27,37H,7,11,13,15,17H2,1-4H3. The minimum atomic E-state index is -0.776. The highest BCUT2D eigenvalue weighted by atomic mass is 16.5. The zero-order valence-electron chi connectivity index (χ0n) is 23.4. The third-order valence-corrected chi connectivity index (χ3v) is 7.36. The predicted octanol–water partition coefficient (Wildman–Crippen LogP) is 5.08. The Morgan fingerprint density at radius 3 is 2.65 bits per heavy atom. The molecule has 9 heteroatoms. The van der Waals surface area contributed by atoms with E-state index in [1.165, 1.54) is 0 Å². The van der Waals surface area contributed by atoms with Gasteiger partial charge in [0.2, 0.25) is 0 Å². The molecule has 1 amide bonds. The minimum Gasteiger partial charge on any atom is -0.505 e. The number of likely N-dealkylation sites (tertiary alicyclic amines) is 1. The number of aromatic nitrogens is 4. The van der Waals surface area contributed by atoms with Crippen LogP contribution in [0.15, 0.2) is 66.9 Å². The molecule has 40 heavy (non-hydrogen) atoms. The van der Waals surface area contributed by atoms with Crippen molar-refractivity contribution >= 4 is 23.1 Å². The van der Waals surface area contributed by atoms with Gasteiger partial charge in [-0.05, 0) is 61.9 Å². The summed E-state index contributed by atoms with van der Waals surface area (Å²) in [5.74, 6) is -0.470. The number of imidazole rings is 2. The second-order valence-corrected chi connectivity index (χ2v) is 10.7. The molecule has 9 nitrogen and oxygen atoms in total. The van der Waals surface area contributed by atoms with E-state index >= 15 is 0 Å². The zero-order chi connectivity index (χ0) is 28.4. The number of carbonyl (C=O) groups is 2.